The van der Waals surface area contributed by atoms with Crippen molar-refractivity contribution >= 4 is 0 Å². The van der Waals surface area contributed by atoms with Crippen molar-refractivity contribution in [1.82, 2.24) is 0 Å². The summed E-state index contributed by atoms with van der Waals surface area (Å²) in [6.45, 7) is 44.5. The van der Waals surface area contributed by atoms with Crippen LogP contribution in [0.5, 0.6) is 0 Å². The predicted molar refractivity (Wildman–Crippen MR) is 134 cm³/mol. The van der Waals surface area contributed by atoms with Gasteiger partial charge < -0.3 is 0 Å². The molecule has 0 atom stereocenters. The van der Waals surface area contributed by atoms with Crippen molar-refractivity contribution < 1.29 is 0 Å². The molecule has 0 heteroatoms. The topological polar surface area (TPSA) is 0 Å². The van der Waals surface area contributed by atoms with E-state index in [-0.39, 0.29) is 0 Å². The zero-order valence-electron chi connectivity index (χ0n) is 23.4. The van der Waals surface area contributed by atoms with Gasteiger partial charge in [-0.3, -0.25) is 0 Å². The van der Waals surface area contributed by atoms with Crippen LogP contribution in [0.4, 0.5) is 0 Å². The number of rotatable bonds is 0. The molecule has 0 saturated heterocycles. The maximum atomic E-state index is 2.12. The third kappa shape index (κ3) is 0. The van der Waals surface area contributed by atoms with E-state index in [1.54, 1.807) is 0 Å². The van der Waals surface area contributed by atoms with Gasteiger partial charge in [-0.2, -0.15) is 0 Å². The van der Waals surface area contributed by atoms with Crippen LogP contribution in [0.2, 0.25) is 0 Å². The molecule has 0 saturated carbocycles. The summed E-state index contributed by atoms with van der Waals surface area (Å²) >= 11 is 0. The van der Waals surface area contributed by atoms with Crippen LogP contribution in [0.3, 0.4) is 0 Å². The van der Waals surface area contributed by atoms with Crippen molar-refractivity contribution in [2.75, 3.05) is 0 Å². The fraction of sp³-hybridized carbons (Fsp3) is 1.00. The van der Waals surface area contributed by atoms with Crippen LogP contribution in [-0.2, 0) is 0 Å². The Kier molecular flexibility index (Phi) is 8710. The third-order valence-electron chi connectivity index (χ3n) is 0. The molecule has 0 radical (unpaired) electrons. The summed E-state index contributed by atoms with van der Waals surface area (Å²) < 4.78 is 0. The predicted octanol–water partition coefficient (Wildman–Crippen LogP) is 12.1. The van der Waals surface area contributed by atoms with E-state index in [1.165, 1.54) is 12.8 Å². The van der Waals surface area contributed by atoms with Gasteiger partial charge in [-0.15, -0.1) is 0 Å². The highest BCUT2D eigenvalue weighted by molar-refractivity contribution is 3.92. The molecule has 0 unspecified atom stereocenters. The molecule has 0 aromatic rings. The van der Waals surface area contributed by atoms with Gasteiger partial charge in [0.2, 0.25) is 0 Å². The van der Waals surface area contributed by atoms with Gasteiger partial charge in [0.15, 0.2) is 0 Å². The van der Waals surface area contributed by atoms with E-state index in [1.807, 2.05) is 125 Å². The van der Waals surface area contributed by atoms with E-state index in [9.17, 15) is 0 Å². The number of hydrogen-bond donors (Lipinski definition) is 0. The summed E-state index contributed by atoms with van der Waals surface area (Å²) in [4.78, 5) is 0. The van der Waals surface area contributed by atoms with Gasteiger partial charge in [0, 0.05) is 0 Å². The second kappa shape index (κ2) is 2780. The summed E-state index contributed by atoms with van der Waals surface area (Å²) in [6, 6.07) is 0. The van der Waals surface area contributed by atoms with Gasteiger partial charge in [-0.05, 0) is 0 Å². The highest BCUT2D eigenvalue weighted by atomic mass is 13.4. The molecule has 166 valence electrons. The molecular weight excluding hydrogens is 288 g/mol. The van der Waals surface area contributed by atoms with Crippen molar-refractivity contribution in [3.05, 3.63) is 0 Å². The molecule has 0 fully saturated rings. The Morgan fingerprint density at radius 3 is 0.208 bits per heavy atom. The monoisotopic (exact) mass is 359 g/mol. The Morgan fingerprint density at radius 2 is 0.208 bits per heavy atom. The van der Waals surface area contributed by atoms with Crippen LogP contribution in [0, 0.1) is 0 Å². The molecule has 0 N–H and O–H groups in total. The van der Waals surface area contributed by atoms with Gasteiger partial charge in [0.25, 0.3) is 0 Å². The van der Waals surface area contributed by atoms with Gasteiger partial charge in [0.1, 0.15) is 0 Å². The first-order valence-corrected chi connectivity index (χ1v) is 11.8. The van der Waals surface area contributed by atoms with Crippen LogP contribution in [0.1, 0.15) is 165 Å². The summed E-state index contributed by atoms with van der Waals surface area (Å²) in [6.07, 6.45) is 2.50. The molecule has 0 aliphatic carbocycles. The fourth-order valence-electron chi connectivity index (χ4n) is 0. The van der Waals surface area contributed by atoms with Crippen molar-refractivity contribution in [2.24, 2.45) is 0 Å². The fourth-order valence-corrected chi connectivity index (χ4v) is 0. The van der Waals surface area contributed by atoms with Crippen LogP contribution < -0.4 is 0 Å². The molecule has 0 aromatic heterocycles. The lowest BCUT2D eigenvalue weighted by molar-refractivity contribution is 1.09. The second-order valence-corrected chi connectivity index (χ2v) is 1.41. The highest BCUT2D eigenvalue weighted by Crippen LogP contribution is 1.56. The van der Waals surface area contributed by atoms with E-state index >= 15 is 0 Å². The molecule has 0 aliphatic rings. The van der Waals surface area contributed by atoms with Crippen LogP contribution >= 0.6 is 0 Å². The smallest absolute Gasteiger partial charge is 0.0590 e. The Bertz CT molecular complexity index is 2.00. The first-order valence-electron chi connectivity index (χ1n) is 11.8. The Morgan fingerprint density at radius 1 is 0.208 bits per heavy atom. The minimum atomic E-state index is 1.25. The lowest BCUT2D eigenvalue weighted by Crippen LogP contribution is -1.27. The van der Waals surface area contributed by atoms with E-state index in [0.29, 0.717) is 0 Å². The van der Waals surface area contributed by atoms with E-state index in [4.69, 9.17) is 0 Å². The molecule has 0 bridgehead atoms. The van der Waals surface area contributed by atoms with Crippen LogP contribution in [0.15, 0.2) is 0 Å². The van der Waals surface area contributed by atoms with E-state index < -0.39 is 0 Å². The quantitative estimate of drug-likeness (QED) is 0.403. The van der Waals surface area contributed by atoms with Crippen LogP contribution in [-0.4, -0.2) is 0 Å². The molecule has 0 aromatic carbocycles. The molecule has 0 aliphatic heterocycles. The SMILES string of the molecule is CC.CC.CC.CC.CC.CC.CC.CC.CC.CCC.CCC. The summed E-state index contributed by atoms with van der Waals surface area (Å²) in [5.74, 6) is 0. The Balaban J connectivity index is -0.00000000866. The second-order valence-electron chi connectivity index (χ2n) is 1.41. The van der Waals surface area contributed by atoms with Crippen molar-refractivity contribution in [3.8, 4) is 0 Å². The first kappa shape index (κ1) is 75.1. The van der Waals surface area contributed by atoms with E-state index in [0.717, 1.165) is 0 Å². The first-order chi connectivity index (χ1) is 11.8. The largest absolute Gasteiger partial charge is 0.0683 e. The minimum Gasteiger partial charge on any atom is -0.0683 e. The van der Waals surface area contributed by atoms with Crippen LogP contribution in [0.25, 0.3) is 0 Å². The molecule has 24 heavy (non-hydrogen) atoms. The molecule has 0 amide bonds. The van der Waals surface area contributed by atoms with Gasteiger partial charge >= 0.3 is 0 Å². The third-order valence-corrected chi connectivity index (χ3v) is 0. The molecule has 0 rings (SSSR count). The average Bonchev–Trinajstić information content (AvgIpc) is 2.76. The van der Waals surface area contributed by atoms with Crippen molar-refractivity contribution in [3.63, 3.8) is 0 Å². The maximum absolute atomic E-state index is 2.12. The van der Waals surface area contributed by atoms with Crippen molar-refractivity contribution in [1.29, 1.82) is 0 Å². The molecule has 0 heterocycles. The average molecular weight is 359 g/mol. The Hall–Kier alpha value is 0. The summed E-state index contributed by atoms with van der Waals surface area (Å²) in [5.41, 5.74) is 0. The Labute approximate surface area is 165 Å². The standard InChI is InChI=1S/2C3H8.9C2H6/c2*1-3-2;9*1-2/h2*3H2,1-2H3;9*1-2H3. The number of hydrogen-bond acceptors (Lipinski definition) is 0. The van der Waals surface area contributed by atoms with Gasteiger partial charge in [0.05, 0.1) is 0 Å². The normalized spacial score (nSPS) is 3.75. The van der Waals surface area contributed by atoms with Crippen molar-refractivity contribution in [2.45, 2.75) is 165 Å². The summed E-state index contributed by atoms with van der Waals surface area (Å²) in [5, 5.41) is 0. The minimum absolute atomic E-state index is 1.25. The molecular formula is C24H70. The zero-order chi connectivity index (χ0) is 23.4. The summed E-state index contributed by atoms with van der Waals surface area (Å²) in [7, 11) is 0. The zero-order valence-corrected chi connectivity index (χ0v) is 23.4. The molecule has 0 spiro atoms. The lowest BCUT2D eigenvalue weighted by atomic mass is 10.6. The van der Waals surface area contributed by atoms with Gasteiger partial charge in [-0.25, -0.2) is 0 Å². The molecule has 0 nitrogen and oxygen atoms in total. The highest BCUT2D eigenvalue weighted by Gasteiger charge is 1.36. The maximum Gasteiger partial charge on any atom is -0.0590 e. The van der Waals surface area contributed by atoms with Gasteiger partial charge in [-0.1, -0.05) is 165 Å². The lowest BCUT2D eigenvalue weighted by Gasteiger charge is -1.48. The van der Waals surface area contributed by atoms with E-state index in [2.05, 4.69) is 27.7 Å².